The van der Waals surface area contributed by atoms with Gasteiger partial charge < -0.3 is 25.0 Å². The Morgan fingerprint density at radius 3 is 2.61 bits per heavy atom. The number of amides is 3. The van der Waals surface area contributed by atoms with Crippen LogP contribution in [0.2, 0.25) is 0 Å². The van der Waals surface area contributed by atoms with Gasteiger partial charge in [0.25, 0.3) is 5.91 Å². The first-order valence-corrected chi connectivity index (χ1v) is 12.0. The van der Waals surface area contributed by atoms with Gasteiger partial charge in [0.2, 0.25) is 0 Å². The average Bonchev–Trinajstić information content (AvgIpc) is 3.57. The molecule has 1 fully saturated rings. The second-order valence-corrected chi connectivity index (χ2v) is 9.96. The summed E-state index contributed by atoms with van der Waals surface area (Å²) in [5, 5.41) is 5.61. The number of urea groups is 1. The van der Waals surface area contributed by atoms with Crippen molar-refractivity contribution in [3.8, 4) is 5.75 Å². The van der Waals surface area contributed by atoms with Crippen molar-refractivity contribution in [3.63, 3.8) is 0 Å². The van der Waals surface area contributed by atoms with Crippen molar-refractivity contribution in [2.45, 2.75) is 58.7 Å². The molecule has 1 aliphatic heterocycles. The molecular weight excluding hydrogens is 420 g/mol. The highest BCUT2D eigenvalue weighted by atomic mass is 16.5. The number of hydrogen-bond acceptors (Lipinski definition) is 5. The van der Waals surface area contributed by atoms with Crippen LogP contribution in [0.3, 0.4) is 0 Å². The summed E-state index contributed by atoms with van der Waals surface area (Å²) in [5.41, 5.74) is 0.980. The number of nitrogens with one attached hydrogen (secondary N) is 2. The molecule has 0 radical (unpaired) electrons. The second kappa shape index (κ2) is 11.2. The normalized spacial score (nSPS) is 25.0. The molecule has 33 heavy (non-hydrogen) atoms. The van der Waals surface area contributed by atoms with Crippen LogP contribution < -0.4 is 15.4 Å². The fourth-order valence-corrected chi connectivity index (χ4v) is 4.25. The second-order valence-electron chi connectivity index (χ2n) is 9.96. The van der Waals surface area contributed by atoms with Gasteiger partial charge in [-0.15, -0.1) is 0 Å². The van der Waals surface area contributed by atoms with Crippen molar-refractivity contribution in [1.82, 2.24) is 15.1 Å². The van der Waals surface area contributed by atoms with E-state index in [4.69, 9.17) is 9.47 Å². The van der Waals surface area contributed by atoms with E-state index < -0.39 is 0 Å². The number of benzene rings is 1. The van der Waals surface area contributed by atoms with Gasteiger partial charge in [0.15, 0.2) is 0 Å². The molecule has 8 nitrogen and oxygen atoms in total. The van der Waals surface area contributed by atoms with Gasteiger partial charge in [-0.2, -0.15) is 0 Å². The molecule has 0 bridgehead atoms. The Labute approximate surface area is 198 Å². The lowest BCUT2D eigenvalue weighted by atomic mass is 10.0. The van der Waals surface area contributed by atoms with E-state index in [9.17, 15) is 9.59 Å². The third kappa shape index (κ3) is 7.08. The molecule has 3 rings (SSSR count). The van der Waals surface area contributed by atoms with Crippen molar-refractivity contribution in [2.75, 3.05) is 45.7 Å². The highest BCUT2D eigenvalue weighted by Crippen LogP contribution is 2.31. The van der Waals surface area contributed by atoms with E-state index >= 15 is 0 Å². The smallest absolute Gasteiger partial charge is 0.319 e. The maximum atomic E-state index is 13.4. The van der Waals surface area contributed by atoms with Crippen molar-refractivity contribution in [3.05, 3.63) is 23.8 Å². The molecule has 1 aliphatic carbocycles. The molecular formula is C25H40N4O4. The Balaban J connectivity index is 1.88. The summed E-state index contributed by atoms with van der Waals surface area (Å²) in [6, 6.07) is 5.14. The van der Waals surface area contributed by atoms with Gasteiger partial charge in [-0.25, -0.2) is 4.79 Å². The van der Waals surface area contributed by atoms with Crippen LogP contribution in [0.25, 0.3) is 0 Å². The summed E-state index contributed by atoms with van der Waals surface area (Å²) < 4.78 is 12.0. The molecule has 1 aromatic carbocycles. The van der Waals surface area contributed by atoms with Gasteiger partial charge in [-0.05, 0) is 63.6 Å². The predicted molar refractivity (Wildman–Crippen MR) is 130 cm³/mol. The minimum absolute atomic E-state index is 0.0124. The summed E-state index contributed by atoms with van der Waals surface area (Å²) in [7, 11) is 3.50. The van der Waals surface area contributed by atoms with E-state index in [2.05, 4.69) is 29.4 Å². The molecule has 0 spiro atoms. The molecule has 184 valence electrons. The largest absolute Gasteiger partial charge is 0.491 e. The summed E-state index contributed by atoms with van der Waals surface area (Å²) in [6.45, 7) is 11.1. The highest BCUT2D eigenvalue weighted by Gasteiger charge is 2.31. The van der Waals surface area contributed by atoms with E-state index in [-0.39, 0.29) is 36.0 Å². The Bertz CT molecular complexity index is 827. The number of ether oxygens (including phenoxy) is 2. The standard InChI is InChI=1S/C25H40N4O4/c1-16(2)26-25(31)27-20-9-10-22-21(11-20)24(30)28(5)14-23(32-6)17(3)12-29(13-19-7-8-19)18(4)15-33-22/h9-11,16-19,23H,7-8,12-15H2,1-6H3,(H2,26,27,31)/t17-,18-,23+/m1/s1. The van der Waals surface area contributed by atoms with Crippen LogP contribution in [0.15, 0.2) is 18.2 Å². The van der Waals surface area contributed by atoms with Crippen LogP contribution in [0.1, 0.15) is 50.9 Å². The minimum atomic E-state index is -0.308. The topological polar surface area (TPSA) is 83.1 Å². The number of fused-ring (bicyclic) bond motifs is 1. The summed E-state index contributed by atoms with van der Waals surface area (Å²) in [5.74, 6) is 1.41. The molecule has 0 unspecified atom stereocenters. The number of carbonyl (C=O) groups is 2. The average molecular weight is 461 g/mol. The van der Waals surface area contributed by atoms with Crippen LogP contribution in [0, 0.1) is 11.8 Å². The monoisotopic (exact) mass is 460 g/mol. The van der Waals surface area contributed by atoms with Crippen LogP contribution >= 0.6 is 0 Å². The Morgan fingerprint density at radius 2 is 1.97 bits per heavy atom. The number of likely N-dealkylation sites (N-methyl/N-ethyl adjacent to an activating group) is 1. The van der Waals surface area contributed by atoms with Crippen molar-refractivity contribution < 1.29 is 19.1 Å². The lowest BCUT2D eigenvalue weighted by Crippen LogP contribution is -2.47. The maximum Gasteiger partial charge on any atom is 0.319 e. The zero-order valence-electron chi connectivity index (χ0n) is 20.9. The van der Waals surface area contributed by atoms with Crippen LogP contribution in [-0.2, 0) is 4.74 Å². The van der Waals surface area contributed by atoms with Gasteiger partial charge in [0, 0.05) is 51.6 Å². The van der Waals surface area contributed by atoms with Crippen molar-refractivity contribution in [1.29, 1.82) is 0 Å². The van der Waals surface area contributed by atoms with Gasteiger partial charge in [-0.3, -0.25) is 9.69 Å². The molecule has 1 aromatic rings. The van der Waals surface area contributed by atoms with E-state index in [1.807, 2.05) is 13.8 Å². The predicted octanol–water partition coefficient (Wildman–Crippen LogP) is 3.43. The molecule has 2 aliphatic rings. The van der Waals surface area contributed by atoms with Gasteiger partial charge in [-0.1, -0.05) is 6.92 Å². The molecule has 1 heterocycles. The van der Waals surface area contributed by atoms with Crippen LogP contribution in [-0.4, -0.2) is 80.3 Å². The zero-order valence-corrected chi connectivity index (χ0v) is 20.9. The van der Waals surface area contributed by atoms with Crippen LogP contribution in [0.5, 0.6) is 5.75 Å². The summed E-state index contributed by atoms with van der Waals surface area (Å²) >= 11 is 0. The molecule has 2 N–H and O–H groups in total. The number of rotatable bonds is 5. The molecule has 0 saturated heterocycles. The Hall–Kier alpha value is -2.32. The summed E-state index contributed by atoms with van der Waals surface area (Å²) in [6.07, 6.45) is 2.52. The number of hydrogen-bond donors (Lipinski definition) is 2. The molecule has 3 atom stereocenters. The lowest BCUT2D eigenvalue weighted by Gasteiger charge is -2.36. The molecule has 3 amide bonds. The fourth-order valence-electron chi connectivity index (χ4n) is 4.25. The third-order valence-corrected chi connectivity index (χ3v) is 6.44. The van der Waals surface area contributed by atoms with Crippen molar-refractivity contribution >= 4 is 17.6 Å². The first kappa shape index (κ1) is 25.3. The van der Waals surface area contributed by atoms with Gasteiger partial charge in [0.1, 0.15) is 12.4 Å². The SMILES string of the molecule is CO[C@H]1CN(C)C(=O)c2cc(NC(=O)NC(C)C)ccc2OC[C@@H](C)N(CC2CC2)C[C@H]1C. The van der Waals surface area contributed by atoms with E-state index in [0.29, 0.717) is 30.2 Å². The summed E-state index contributed by atoms with van der Waals surface area (Å²) in [4.78, 5) is 29.7. The highest BCUT2D eigenvalue weighted by molar-refractivity contribution is 5.99. The number of methoxy groups -OCH3 is 1. The number of anilines is 1. The Morgan fingerprint density at radius 1 is 1.24 bits per heavy atom. The molecule has 0 aromatic heterocycles. The number of nitrogens with zero attached hydrogens (tertiary/aromatic N) is 2. The van der Waals surface area contributed by atoms with Gasteiger partial charge >= 0.3 is 6.03 Å². The minimum Gasteiger partial charge on any atom is -0.491 e. The van der Waals surface area contributed by atoms with E-state index in [1.54, 1.807) is 37.3 Å². The first-order chi connectivity index (χ1) is 15.7. The van der Waals surface area contributed by atoms with Gasteiger partial charge in [0.05, 0.1) is 11.7 Å². The van der Waals surface area contributed by atoms with E-state index in [0.717, 1.165) is 19.0 Å². The lowest BCUT2D eigenvalue weighted by molar-refractivity contribution is 0.00994. The first-order valence-electron chi connectivity index (χ1n) is 12.0. The molecule has 1 saturated carbocycles. The van der Waals surface area contributed by atoms with E-state index in [1.165, 1.54) is 12.8 Å². The number of carbonyl (C=O) groups excluding carboxylic acids is 2. The van der Waals surface area contributed by atoms with Crippen LogP contribution in [0.4, 0.5) is 10.5 Å². The fraction of sp³-hybridized carbons (Fsp3) is 0.680. The quantitative estimate of drug-likeness (QED) is 0.703. The Kier molecular flexibility index (Phi) is 8.59. The maximum absolute atomic E-state index is 13.4. The zero-order chi connectivity index (χ0) is 24.1. The van der Waals surface area contributed by atoms with Crippen molar-refractivity contribution in [2.24, 2.45) is 11.8 Å². The third-order valence-electron chi connectivity index (χ3n) is 6.44. The molecule has 8 heteroatoms.